The second-order valence-corrected chi connectivity index (χ2v) is 3.56. The topological polar surface area (TPSA) is 69.6 Å². The summed E-state index contributed by atoms with van der Waals surface area (Å²) in [5.74, 6) is 1.15. The molecule has 0 radical (unpaired) electrons. The normalized spacial score (nSPS) is 10.6. The number of hydrogen-bond donors (Lipinski definition) is 0. The Labute approximate surface area is 96.9 Å². The van der Waals surface area contributed by atoms with Crippen LogP contribution in [0.4, 0.5) is 0 Å². The number of aromatic nitrogens is 5. The van der Waals surface area contributed by atoms with Crippen molar-refractivity contribution >= 4 is 0 Å². The van der Waals surface area contributed by atoms with Crippen molar-refractivity contribution in [1.82, 2.24) is 24.9 Å². The summed E-state index contributed by atoms with van der Waals surface area (Å²) in [6.45, 7) is 1.79. The molecule has 0 bridgehead atoms. The molecule has 0 aliphatic rings. The maximum atomic E-state index is 5.09. The fourth-order valence-corrected chi connectivity index (χ4v) is 1.52. The quantitative estimate of drug-likeness (QED) is 0.665. The van der Waals surface area contributed by atoms with Crippen LogP contribution < -0.4 is 0 Å². The molecule has 0 unspecified atom stereocenters. The molecule has 17 heavy (non-hydrogen) atoms. The van der Waals surface area contributed by atoms with Gasteiger partial charge in [-0.1, -0.05) is 5.16 Å². The van der Waals surface area contributed by atoms with Gasteiger partial charge in [-0.3, -0.25) is 4.57 Å². The maximum Gasteiger partial charge on any atom is 0.257 e. The van der Waals surface area contributed by atoms with E-state index in [9.17, 15) is 0 Å². The molecule has 0 aliphatic carbocycles. The van der Waals surface area contributed by atoms with Crippen molar-refractivity contribution in [3.05, 3.63) is 42.7 Å². The van der Waals surface area contributed by atoms with Crippen LogP contribution in [0.5, 0.6) is 0 Å². The Morgan fingerprint density at radius 1 is 1.06 bits per heavy atom. The third kappa shape index (κ3) is 1.80. The van der Waals surface area contributed by atoms with Crippen LogP contribution in [0.3, 0.4) is 0 Å². The van der Waals surface area contributed by atoms with Gasteiger partial charge in [-0.25, -0.2) is 0 Å². The van der Waals surface area contributed by atoms with Crippen LogP contribution in [0.15, 0.2) is 41.4 Å². The monoisotopic (exact) mass is 227 g/mol. The van der Waals surface area contributed by atoms with Gasteiger partial charge in [0.1, 0.15) is 12.7 Å². The standard InChI is InChI=1S/C11H9N5O/c1-8-14-11(17-15-8)9-2-4-10(5-3-9)16-6-12-13-7-16/h2-7H,1H3. The summed E-state index contributed by atoms with van der Waals surface area (Å²) in [7, 11) is 0. The van der Waals surface area contributed by atoms with Gasteiger partial charge in [0, 0.05) is 11.3 Å². The van der Waals surface area contributed by atoms with Crippen molar-refractivity contribution in [1.29, 1.82) is 0 Å². The largest absolute Gasteiger partial charge is 0.334 e. The van der Waals surface area contributed by atoms with E-state index in [0.29, 0.717) is 11.7 Å². The molecule has 0 amide bonds. The lowest BCUT2D eigenvalue weighted by Gasteiger charge is -2.00. The molecule has 0 saturated carbocycles. The van der Waals surface area contributed by atoms with Gasteiger partial charge in [-0.2, -0.15) is 4.98 Å². The minimum Gasteiger partial charge on any atom is -0.334 e. The molecule has 3 rings (SSSR count). The van der Waals surface area contributed by atoms with Crippen molar-refractivity contribution < 1.29 is 4.52 Å². The smallest absolute Gasteiger partial charge is 0.257 e. The third-order valence-corrected chi connectivity index (χ3v) is 2.36. The van der Waals surface area contributed by atoms with Crippen LogP contribution in [0.2, 0.25) is 0 Å². The van der Waals surface area contributed by atoms with E-state index in [1.54, 1.807) is 19.6 Å². The Kier molecular flexibility index (Phi) is 2.18. The van der Waals surface area contributed by atoms with Crippen LogP contribution in [0, 0.1) is 6.92 Å². The van der Waals surface area contributed by atoms with Crippen LogP contribution in [0.1, 0.15) is 5.82 Å². The summed E-state index contributed by atoms with van der Waals surface area (Å²) in [6.07, 6.45) is 3.29. The van der Waals surface area contributed by atoms with Crippen molar-refractivity contribution in [2.75, 3.05) is 0 Å². The van der Waals surface area contributed by atoms with Crippen molar-refractivity contribution in [2.45, 2.75) is 6.92 Å². The van der Waals surface area contributed by atoms with Gasteiger partial charge < -0.3 is 4.52 Å². The Morgan fingerprint density at radius 3 is 2.35 bits per heavy atom. The molecule has 0 fully saturated rings. The molecule has 6 heteroatoms. The van der Waals surface area contributed by atoms with Gasteiger partial charge in [-0.05, 0) is 31.2 Å². The minimum absolute atomic E-state index is 0.526. The van der Waals surface area contributed by atoms with Crippen molar-refractivity contribution in [3.63, 3.8) is 0 Å². The van der Waals surface area contributed by atoms with E-state index in [2.05, 4.69) is 20.3 Å². The number of rotatable bonds is 2. The zero-order chi connectivity index (χ0) is 11.7. The molecule has 0 atom stereocenters. The summed E-state index contributed by atoms with van der Waals surface area (Å²) < 4.78 is 6.91. The summed E-state index contributed by atoms with van der Waals surface area (Å²) >= 11 is 0. The van der Waals surface area contributed by atoms with E-state index in [4.69, 9.17) is 4.52 Å². The molecule has 0 spiro atoms. The highest BCUT2D eigenvalue weighted by molar-refractivity contribution is 5.55. The number of nitrogens with zero attached hydrogens (tertiary/aromatic N) is 5. The average Bonchev–Trinajstić information content (AvgIpc) is 3.00. The van der Waals surface area contributed by atoms with E-state index < -0.39 is 0 Å². The maximum absolute atomic E-state index is 5.09. The summed E-state index contributed by atoms with van der Waals surface area (Å²) in [6, 6.07) is 7.72. The summed E-state index contributed by atoms with van der Waals surface area (Å²) in [5.41, 5.74) is 1.87. The zero-order valence-corrected chi connectivity index (χ0v) is 9.11. The first-order valence-electron chi connectivity index (χ1n) is 5.09. The molecular formula is C11H9N5O. The van der Waals surface area contributed by atoms with Crippen molar-refractivity contribution in [2.24, 2.45) is 0 Å². The van der Waals surface area contributed by atoms with E-state index in [0.717, 1.165) is 11.3 Å². The fraction of sp³-hybridized carbons (Fsp3) is 0.0909. The zero-order valence-electron chi connectivity index (χ0n) is 9.11. The first-order chi connectivity index (χ1) is 8.33. The molecule has 0 saturated heterocycles. The molecular weight excluding hydrogens is 218 g/mol. The Morgan fingerprint density at radius 2 is 1.76 bits per heavy atom. The van der Waals surface area contributed by atoms with Crippen LogP contribution in [-0.2, 0) is 0 Å². The van der Waals surface area contributed by atoms with E-state index in [1.165, 1.54) is 0 Å². The molecule has 3 aromatic rings. The highest BCUT2D eigenvalue weighted by Crippen LogP contribution is 2.18. The van der Waals surface area contributed by atoms with Crippen LogP contribution in [-0.4, -0.2) is 24.9 Å². The number of aryl methyl sites for hydroxylation is 1. The Bertz CT molecular complexity index is 612. The Balaban J connectivity index is 1.95. The average molecular weight is 227 g/mol. The second kappa shape index (κ2) is 3.82. The van der Waals surface area contributed by atoms with E-state index in [1.807, 2.05) is 28.8 Å². The van der Waals surface area contributed by atoms with Gasteiger partial charge in [0.15, 0.2) is 5.82 Å². The van der Waals surface area contributed by atoms with Gasteiger partial charge in [0.05, 0.1) is 0 Å². The molecule has 1 aromatic carbocycles. The van der Waals surface area contributed by atoms with Crippen molar-refractivity contribution in [3.8, 4) is 17.1 Å². The second-order valence-electron chi connectivity index (χ2n) is 3.56. The molecule has 0 aliphatic heterocycles. The first-order valence-corrected chi connectivity index (χ1v) is 5.09. The molecule has 84 valence electrons. The molecule has 2 aromatic heterocycles. The third-order valence-electron chi connectivity index (χ3n) is 2.36. The lowest BCUT2D eigenvalue weighted by atomic mass is 10.2. The first kappa shape index (κ1) is 9.71. The predicted molar refractivity (Wildman–Crippen MR) is 59.4 cm³/mol. The Hall–Kier alpha value is -2.50. The number of hydrogen-bond acceptors (Lipinski definition) is 5. The molecule has 0 N–H and O–H groups in total. The van der Waals surface area contributed by atoms with Gasteiger partial charge in [-0.15, -0.1) is 10.2 Å². The van der Waals surface area contributed by atoms with Gasteiger partial charge >= 0.3 is 0 Å². The summed E-state index contributed by atoms with van der Waals surface area (Å²) in [4.78, 5) is 4.16. The van der Waals surface area contributed by atoms with E-state index >= 15 is 0 Å². The SMILES string of the molecule is Cc1noc(-c2ccc(-n3cnnc3)cc2)n1. The lowest BCUT2D eigenvalue weighted by molar-refractivity contribution is 0.425. The van der Waals surface area contributed by atoms with E-state index in [-0.39, 0.29) is 0 Å². The van der Waals surface area contributed by atoms with Gasteiger partial charge in [0.25, 0.3) is 5.89 Å². The van der Waals surface area contributed by atoms with Crippen LogP contribution >= 0.6 is 0 Å². The minimum atomic E-state index is 0.526. The van der Waals surface area contributed by atoms with Gasteiger partial charge in [0.2, 0.25) is 0 Å². The molecule has 2 heterocycles. The number of benzene rings is 1. The fourth-order valence-electron chi connectivity index (χ4n) is 1.52. The highest BCUT2D eigenvalue weighted by atomic mass is 16.5. The molecule has 6 nitrogen and oxygen atoms in total. The lowest BCUT2D eigenvalue weighted by Crippen LogP contribution is -1.89. The summed E-state index contributed by atoms with van der Waals surface area (Å²) in [5, 5.41) is 11.3. The van der Waals surface area contributed by atoms with Crippen LogP contribution in [0.25, 0.3) is 17.1 Å². The highest BCUT2D eigenvalue weighted by Gasteiger charge is 2.06. The predicted octanol–water partition coefficient (Wildman–Crippen LogP) is 1.63.